The first-order valence-electron chi connectivity index (χ1n) is 15.4. The summed E-state index contributed by atoms with van der Waals surface area (Å²) in [7, 11) is 0. The molecular formula is C43H33N. The summed E-state index contributed by atoms with van der Waals surface area (Å²) in [4.78, 5) is 2.34. The van der Waals surface area contributed by atoms with E-state index in [4.69, 9.17) is 0 Å². The van der Waals surface area contributed by atoms with Crippen molar-refractivity contribution < 1.29 is 0 Å². The molecule has 0 unspecified atom stereocenters. The molecule has 0 spiro atoms. The average molecular weight is 564 g/mol. The molecule has 0 bridgehead atoms. The number of para-hydroxylation sites is 1. The van der Waals surface area contributed by atoms with Gasteiger partial charge in [0.1, 0.15) is 0 Å². The first-order chi connectivity index (χ1) is 21.6. The van der Waals surface area contributed by atoms with Gasteiger partial charge in [-0.15, -0.1) is 0 Å². The second-order valence-corrected chi connectivity index (χ2v) is 12.2. The van der Waals surface area contributed by atoms with E-state index in [1.54, 1.807) is 0 Å². The van der Waals surface area contributed by atoms with Crippen LogP contribution in [0.2, 0.25) is 0 Å². The largest absolute Gasteiger partial charge is 0.311 e. The normalized spacial score (nSPS) is 13.0. The van der Waals surface area contributed by atoms with Crippen LogP contribution in [0, 0.1) is 0 Å². The highest BCUT2D eigenvalue weighted by Crippen LogP contribution is 2.54. The molecule has 0 aromatic heterocycles. The van der Waals surface area contributed by atoms with Gasteiger partial charge in [0.25, 0.3) is 0 Å². The molecule has 8 rings (SSSR count). The summed E-state index contributed by atoms with van der Waals surface area (Å²) in [6.45, 7) is 4.72. The number of rotatable bonds is 5. The summed E-state index contributed by atoms with van der Waals surface area (Å²) >= 11 is 0. The molecule has 0 saturated carbocycles. The van der Waals surface area contributed by atoms with E-state index in [1.165, 1.54) is 55.3 Å². The van der Waals surface area contributed by atoms with E-state index in [0.29, 0.717) is 0 Å². The number of hydrogen-bond acceptors (Lipinski definition) is 1. The van der Waals surface area contributed by atoms with Gasteiger partial charge in [-0.1, -0.05) is 135 Å². The third-order valence-electron chi connectivity index (χ3n) is 9.25. The van der Waals surface area contributed by atoms with E-state index < -0.39 is 0 Å². The van der Waals surface area contributed by atoms with Crippen LogP contribution in [0.1, 0.15) is 25.0 Å². The molecule has 0 aliphatic heterocycles. The third kappa shape index (κ3) is 4.24. The fourth-order valence-corrected chi connectivity index (χ4v) is 7.05. The topological polar surface area (TPSA) is 3.24 Å². The highest BCUT2D eigenvalue weighted by molar-refractivity contribution is 6.08. The molecule has 0 saturated heterocycles. The van der Waals surface area contributed by atoms with Crippen molar-refractivity contribution in [3.8, 4) is 33.4 Å². The second kappa shape index (κ2) is 10.4. The lowest BCUT2D eigenvalue weighted by molar-refractivity contribution is 0.661. The number of hydrogen-bond donors (Lipinski definition) is 0. The Bertz CT molecular complexity index is 2110. The molecule has 210 valence electrons. The Morgan fingerprint density at radius 3 is 1.64 bits per heavy atom. The van der Waals surface area contributed by atoms with Crippen LogP contribution in [0.25, 0.3) is 44.2 Å². The van der Waals surface area contributed by atoms with Crippen molar-refractivity contribution in [3.05, 3.63) is 175 Å². The van der Waals surface area contributed by atoms with Gasteiger partial charge in [0.15, 0.2) is 0 Å². The average Bonchev–Trinajstić information content (AvgIpc) is 3.31. The van der Waals surface area contributed by atoms with E-state index in [1.807, 2.05) is 0 Å². The van der Waals surface area contributed by atoms with E-state index in [2.05, 4.69) is 183 Å². The summed E-state index contributed by atoms with van der Waals surface area (Å²) < 4.78 is 0. The Morgan fingerprint density at radius 1 is 0.409 bits per heavy atom. The fourth-order valence-electron chi connectivity index (χ4n) is 7.05. The Hall–Kier alpha value is -5.40. The van der Waals surface area contributed by atoms with Gasteiger partial charge >= 0.3 is 0 Å². The van der Waals surface area contributed by atoms with Crippen molar-refractivity contribution in [1.29, 1.82) is 0 Å². The second-order valence-electron chi connectivity index (χ2n) is 12.2. The summed E-state index contributed by atoms with van der Waals surface area (Å²) in [6.07, 6.45) is 0. The van der Waals surface area contributed by atoms with Crippen molar-refractivity contribution in [1.82, 2.24) is 0 Å². The van der Waals surface area contributed by atoms with E-state index in [9.17, 15) is 0 Å². The zero-order valence-corrected chi connectivity index (χ0v) is 25.0. The third-order valence-corrected chi connectivity index (χ3v) is 9.25. The van der Waals surface area contributed by atoms with E-state index >= 15 is 0 Å². The molecule has 0 heterocycles. The van der Waals surface area contributed by atoms with Gasteiger partial charge in [0.05, 0.1) is 0 Å². The van der Waals surface area contributed by atoms with Crippen LogP contribution in [0.5, 0.6) is 0 Å². The van der Waals surface area contributed by atoms with Gasteiger partial charge in [-0.3, -0.25) is 0 Å². The minimum absolute atomic E-state index is 0.0549. The molecule has 1 heteroatoms. The van der Waals surface area contributed by atoms with Crippen LogP contribution in [-0.4, -0.2) is 0 Å². The molecular weight excluding hydrogens is 530 g/mol. The number of benzene rings is 7. The monoisotopic (exact) mass is 563 g/mol. The van der Waals surface area contributed by atoms with Crippen LogP contribution >= 0.6 is 0 Å². The maximum Gasteiger partial charge on any atom is 0.0462 e. The zero-order chi connectivity index (χ0) is 29.7. The molecule has 0 amide bonds. The molecule has 44 heavy (non-hydrogen) atoms. The summed E-state index contributed by atoms with van der Waals surface area (Å²) in [6, 6.07) is 59.4. The predicted octanol–water partition coefficient (Wildman–Crippen LogP) is 11.9. The number of anilines is 3. The van der Waals surface area contributed by atoms with E-state index in [0.717, 1.165) is 17.1 Å². The molecule has 0 atom stereocenters. The minimum Gasteiger partial charge on any atom is -0.311 e. The summed E-state index contributed by atoms with van der Waals surface area (Å²) in [5.74, 6) is 0. The molecule has 1 aliphatic carbocycles. The van der Waals surface area contributed by atoms with Crippen molar-refractivity contribution >= 4 is 27.8 Å². The van der Waals surface area contributed by atoms with Crippen molar-refractivity contribution in [2.45, 2.75) is 19.3 Å². The highest BCUT2D eigenvalue weighted by Gasteiger charge is 2.37. The first kappa shape index (κ1) is 26.2. The molecule has 1 aliphatic rings. The van der Waals surface area contributed by atoms with Crippen LogP contribution in [0.3, 0.4) is 0 Å². The molecule has 0 N–H and O–H groups in total. The Kier molecular flexibility index (Phi) is 6.20. The molecule has 7 aromatic carbocycles. The Morgan fingerprint density at radius 2 is 0.932 bits per heavy atom. The molecule has 0 fully saturated rings. The minimum atomic E-state index is -0.0549. The Balaban J connectivity index is 1.27. The predicted molar refractivity (Wildman–Crippen MR) is 187 cm³/mol. The standard InChI is InChI=1S/C43H33N/c1-43(2)39-20-12-11-19-38(39)42-40(43)29-33-15-9-10-18-37(33)41(42)32-23-27-36(28-24-32)44(34-16-7-4-8-17-34)35-25-21-31(22-26-35)30-13-5-3-6-14-30/h3-29H,1-2H3. The molecule has 7 aromatic rings. The maximum absolute atomic E-state index is 2.42. The number of nitrogens with zero attached hydrogens (tertiary/aromatic N) is 1. The van der Waals surface area contributed by atoms with Gasteiger partial charge < -0.3 is 4.90 Å². The van der Waals surface area contributed by atoms with E-state index in [-0.39, 0.29) is 5.41 Å². The fraction of sp³-hybridized carbons (Fsp3) is 0.0698. The lowest BCUT2D eigenvalue weighted by Crippen LogP contribution is -2.14. The number of fused-ring (bicyclic) bond motifs is 4. The Labute approximate surface area is 259 Å². The van der Waals surface area contributed by atoms with Crippen LogP contribution < -0.4 is 4.90 Å². The van der Waals surface area contributed by atoms with Crippen LogP contribution in [-0.2, 0) is 5.41 Å². The maximum atomic E-state index is 2.42. The van der Waals surface area contributed by atoms with Crippen LogP contribution in [0.4, 0.5) is 17.1 Å². The summed E-state index contributed by atoms with van der Waals surface area (Å²) in [5, 5.41) is 2.58. The van der Waals surface area contributed by atoms with Gasteiger partial charge in [0, 0.05) is 22.5 Å². The SMILES string of the molecule is CC1(C)c2ccccc2-c2c1cc1ccccc1c2-c1ccc(N(c2ccccc2)c2ccc(-c3ccccc3)cc2)cc1. The first-order valence-corrected chi connectivity index (χ1v) is 15.4. The lowest BCUT2D eigenvalue weighted by atomic mass is 9.80. The summed E-state index contributed by atoms with van der Waals surface area (Å²) in [5.41, 5.74) is 13.9. The van der Waals surface area contributed by atoms with Gasteiger partial charge in [-0.25, -0.2) is 0 Å². The molecule has 1 nitrogen and oxygen atoms in total. The lowest BCUT2D eigenvalue weighted by Gasteiger charge is -2.26. The zero-order valence-electron chi connectivity index (χ0n) is 25.0. The van der Waals surface area contributed by atoms with Crippen molar-refractivity contribution in [3.63, 3.8) is 0 Å². The van der Waals surface area contributed by atoms with Gasteiger partial charge in [0.2, 0.25) is 0 Å². The van der Waals surface area contributed by atoms with Crippen molar-refractivity contribution in [2.75, 3.05) is 4.90 Å². The quantitative estimate of drug-likeness (QED) is 0.201. The van der Waals surface area contributed by atoms with Gasteiger partial charge in [-0.2, -0.15) is 0 Å². The molecule has 0 radical (unpaired) electrons. The van der Waals surface area contributed by atoms with Crippen molar-refractivity contribution in [2.24, 2.45) is 0 Å². The van der Waals surface area contributed by atoms with Gasteiger partial charge in [-0.05, 0) is 97.7 Å². The highest BCUT2D eigenvalue weighted by atomic mass is 15.1. The smallest absolute Gasteiger partial charge is 0.0462 e. The van der Waals surface area contributed by atoms with Crippen LogP contribution in [0.15, 0.2) is 164 Å².